The number of carbonyl (C=O) groups excluding carboxylic acids is 1. The van der Waals surface area contributed by atoms with Gasteiger partial charge in [-0.15, -0.1) is 0 Å². The number of piperazine rings is 1. The summed E-state index contributed by atoms with van der Waals surface area (Å²) in [7, 11) is -3.60. The molecule has 2 aromatic rings. The van der Waals surface area contributed by atoms with Gasteiger partial charge >= 0.3 is 5.97 Å². The molecule has 0 spiro atoms. The highest BCUT2D eigenvalue weighted by Gasteiger charge is 2.31. The molecule has 0 saturated carbocycles. The summed E-state index contributed by atoms with van der Waals surface area (Å²) in [6.07, 6.45) is -0.232. The highest BCUT2D eigenvalue weighted by molar-refractivity contribution is 7.89. The van der Waals surface area contributed by atoms with Crippen LogP contribution in [0.4, 0.5) is 0 Å². The van der Waals surface area contributed by atoms with E-state index in [0.29, 0.717) is 11.1 Å². The fourth-order valence-electron chi connectivity index (χ4n) is 3.21. The second kappa shape index (κ2) is 8.12. The minimum absolute atomic E-state index is 0.197. The summed E-state index contributed by atoms with van der Waals surface area (Å²) in [5.74, 6) is -1.28. The van der Waals surface area contributed by atoms with Crippen LogP contribution in [0.3, 0.4) is 0 Å². The van der Waals surface area contributed by atoms with Gasteiger partial charge in [0.05, 0.1) is 11.3 Å². The number of aryl methyl sites for hydroxylation is 1. The van der Waals surface area contributed by atoms with Gasteiger partial charge in [-0.3, -0.25) is 9.59 Å². The van der Waals surface area contributed by atoms with E-state index >= 15 is 0 Å². The molecule has 1 aliphatic rings. The molecule has 8 heteroatoms. The van der Waals surface area contributed by atoms with E-state index in [1.54, 1.807) is 53.4 Å². The summed E-state index contributed by atoms with van der Waals surface area (Å²) >= 11 is 0. The number of amides is 1. The Morgan fingerprint density at radius 1 is 0.964 bits per heavy atom. The van der Waals surface area contributed by atoms with Gasteiger partial charge in [0.25, 0.3) is 5.91 Å². The molecule has 0 aliphatic carbocycles. The van der Waals surface area contributed by atoms with Crippen LogP contribution < -0.4 is 0 Å². The number of sulfonamides is 1. The second-order valence-corrected chi connectivity index (χ2v) is 8.67. The number of nitrogens with zero attached hydrogens (tertiary/aromatic N) is 2. The summed E-state index contributed by atoms with van der Waals surface area (Å²) in [6.45, 7) is 2.80. The minimum Gasteiger partial charge on any atom is -0.481 e. The maximum atomic E-state index is 12.8. The van der Waals surface area contributed by atoms with Crippen LogP contribution in [0.5, 0.6) is 0 Å². The molecule has 2 aromatic carbocycles. The first-order chi connectivity index (χ1) is 13.3. The summed E-state index contributed by atoms with van der Waals surface area (Å²) in [6, 6.07) is 13.3. The van der Waals surface area contributed by atoms with Crippen LogP contribution in [0.1, 0.15) is 21.5 Å². The third-order valence-electron chi connectivity index (χ3n) is 4.77. The van der Waals surface area contributed by atoms with Crippen molar-refractivity contribution in [3.63, 3.8) is 0 Å². The molecule has 0 bridgehead atoms. The van der Waals surface area contributed by atoms with Crippen molar-refractivity contribution in [2.75, 3.05) is 26.2 Å². The van der Waals surface area contributed by atoms with Crippen LogP contribution in [-0.2, 0) is 21.2 Å². The van der Waals surface area contributed by atoms with Gasteiger partial charge in [-0.25, -0.2) is 8.42 Å². The summed E-state index contributed by atoms with van der Waals surface area (Å²) in [5.41, 5.74) is 1.78. The third kappa shape index (κ3) is 4.23. The van der Waals surface area contributed by atoms with E-state index in [0.717, 1.165) is 5.56 Å². The van der Waals surface area contributed by atoms with Crippen LogP contribution in [0.2, 0.25) is 0 Å². The van der Waals surface area contributed by atoms with Gasteiger partial charge < -0.3 is 10.0 Å². The SMILES string of the molecule is Cc1ccc(S(=O)(=O)N2CCN(C(=O)c3ccccc3CC(=O)O)CC2)cc1. The van der Waals surface area contributed by atoms with E-state index in [4.69, 9.17) is 5.11 Å². The van der Waals surface area contributed by atoms with Crippen LogP contribution in [-0.4, -0.2) is 60.8 Å². The standard InChI is InChI=1S/C20H22N2O5S/c1-15-6-8-17(9-7-15)28(26,27)22-12-10-21(11-13-22)20(25)18-5-3-2-4-16(18)14-19(23)24/h2-9H,10-14H2,1H3,(H,23,24). The number of aliphatic carboxylic acids is 1. The number of benzene rings is 2. The molecule has 1 fully saturated rings. The Morgan fingerprint density at radius 2 is 1.57 bits per heavy atom. The lowest BCUT2D eigenvalue weighted by Crippen LogP contribution is -2.50. The largest absolute Gasteiger partial charge is 0.481 e. The Morgan fingerprint density at radius 3 is 2.18 bits per heavy atom. The highest BCUT2D eigenvalue weighted by atomic mass is 32.2. The quantitative estimate of drug-likeness (QED) is 0.822. The Kier molecular flexibility index (Phi) is 5.81. The van der Waals surface area contributed by atoms with E-state index in [-0.39, 0.29) is 43.4 Å². The van der Waals surface area contributed by atoms with Crippen molar-refractivity contribution >= 4 is 21.9 Å². The number of hydrogen-bond donors (Lipinski definition) is 1. The molecule has 148 valence electrons. The molecular weight excluding hydrogens is 380 g/mol. The van der Waals surface area contributed by atoms with Crippen molar-refractivity contribution in [2.45, 2.75) is 18.2 Å². The van der Waals surface area contributed by atoms with Crippen LogP contribution in [0.15, 0.2) is 53.4 Å². The van der Waals surface area contributed by atoms with E-state index in [2.05, 4.69) is 0 Å². The lowest BCUT2D eigenvalue weighted by molar-refractivity contribution is -0.136. The fraction of sp³-hybridized carbons (Fsp3) is 0.300. The lowest BCUT2D eigenvalue weighted by Gasteiger charge is -2.34. The molecule has 1 saturated heterocycles. The maximum Gasteiger partial charge on any atom is 0.307 e. The molecule has 0 atom stereocenters. The van der Waals surface area contributed by atoms with Crippen LogP contribution in [0, 0.1) is 6.92 Å². The summed E-state index contributed by atoms with van der Waals surface area (Å²) in [5, 5.41) is 9.03. The average molecular weight is 402 g/mol. The molecular formula is C20H22N2O5S. The minimum atomic E-state index is -3.60. The van der Waals surface area contributed by atoms with E-state index < -0.39 is 16.0 Å². The Hall–Kier alpha value is -2.71. The molecule has 1 aliphatic heterocycles. The first kappa shape index (κ1) is 20.0. The number of rotatable bonds is 5. The maximum absolute atomic E-state index is 12.8. The summed E-state index contributed by atoms with van der Waals surface area (Å²) in [4.78, 5) is 25.7. The Labute approximate surface area is 164 Å². The molecule has 1 heterocycles. The van der Waals surface area contributed by atoms with Crippen molar-refractivity contribution < 1.29 is 23.1 Å². The van der Waals surface area contributed by atoms with Gasteiger partial charge in [0.15, 0.2) is 0 Å². The number of hydrogen-bond acceptors (Lipinski definition) is 4. The zero-order valence-corrected chi connectivity index (χ0v) is 16.4. The predicted octanol–water partition coefficient (Wildman–Crippen LogP) is 1.77. The third-order valence-corrected chi connectivity index (χ3v) is 6.69. The van der Waals surface area contributed by atoms with Gasteiger partial charge in [0.1, 0.15) is 0 Å². The van der Waals surface area contributed by atoms with E-state index in [1.165, 1.54) is 4.31 Å². The van der Waals surface area contributed by atoms with Crippen molar-refractivity contribution in [3.05, 3.63) is 65.2 Å². The average Bonchev–Trinajstić information content (AvgIpc) is 2.68. The molecule has 0 radical (unpaired) electrons. The molecule has 28 heavy (non-hydrogen) atoms. The van der Waals surface area contributed by atoms with Crippen molar-refractivity contribution in [1.82, 2.24) is 9.21 Å². The monoisotopic (exact) mass is 402 g/mol. The number of carboxylic acid groups (broad SMARTS) is 1. The topological polar surface area (TPSA) is 95.0 Å². The van der Waals surface area contributed by atoms with Crippen molar-refractivity contribution in [2.24, 2.45) is 0 Å². The van der Waals surface area contributed by atoms with Gasteiger partial charge in [-0.2, -0.15) is 4.31 Å². The second-order valence-electron chi connectivity index (χ2n) is 6.74. The number of carboxylic acids is 1. The smallest absolute Gasteiger partial charge is 0.307 e. The van der Waals surface area contributed by atoms with Gasteiger partial charge in [0, 0.05) is 31.7 Å². The molecule has 7 nitrogen and oxygen atoms in total. The first-order valence-electron chi connectivity index (χ1n) is 8.95. The van der Waals surface area contributed by atoms with Gasteiger partial charge in [-0.05, 0) is 30.7 Å². The molecule has 1 amide bonds. The predicted molar refractivity (Wildman–Crippen MR) is 104 cm³/mol. The molecule has 3 rings (SSSR count). The van der Waals surface area contributed by atoms with Crippen molar-refractivity contribution in [1.29, 1.82) is 0 Å². The van der Waals surface area contributed by atoms with E-state index in [1.807, 2.05) is 6.92 Å². The highest BCUT2D eigenvalue weighted by Crippen LogP contribution is 2.20. The Balaban J connectivity index is 1.71. The van der Waals surface area contributed by atoms with Crippen LogP contribution in [0.25, 0.3) is 0 Å². The van der Waals surface area contributed by atoms with Crippen LogP contribution >= 0.6 is 0 Å². The molecule has 1 N–H and O–H groups in total. The van der Waals surface area contributed by atoms with Gasteiger partial charge in [0.2, 0.25) is 10.0 Å². The normalized spacial score (nSPS) is 15.4. The summed E-state index contributed by atoms with van der Waals surface area (Å²) < 4.78 is 26.9. The van der Waals surface area contributed by atoms with Gasteiger partial charge in [-0.1, -0.05) is 35.9 Å². The molecule has 0 aromatic heterocycles. The van der Waals surface area contributed by atoms with Crippen molar-refractivity contribution in [3.8, 4) is 0 Å². The van der Waals surface area contributed by atoms with E-state index in [9.17, 15) is 18.0 Å². The Bertz CT molecular complexity index is 978. The fourth-order valence-corrected chi connectivity index (χ4v) is 4.63. The zero-order chi connectivity index (χ0) is 20.3. The first-order valence-corrected chi connectivity index (χ1v) is 10.4. The number of carbonyl (C=O) groups is 2. The lowest BCUT2D eigenvalue weighted by atomic mass is 10.0. The molecule has 0 unspecified atom stereocenters. The zero-order valence-electron chi connectivity index (χ0n) is 15.5.